The average molecular weight is 386 g/mol. The third kappa shape index (κ3) is 8.88. The average Bonchev–Trinajstić information content (AvgIpc) is 2.65. The molecule has 2 aromatic rings. The van der Waals surface area contributed by atoms with Gasteiger partial charge >= 0.3 is 6.03 Å². The zero-order chi connectivity index (χ0) is 20.2. The Kier molecular flexibility index (Phi) is 9.31. The van der Waals surface area contributed by atoms with Gasteiger partial charge in [0.25, 0.3) is 0 Å². The molecule has 0 bridgehead atoms. The lowest BCUT2D eigenvalue weighted by Gasteiger charge is -2.11. The minimum Gasteiger partial charge on any atom is -0.492 e. The second kappa shape index (κ2) is 12.0. The first kappa shape index (κ1) is 21.7. The van der Waals surface area contributed by atoms with Crippen LogP contribution in [-0.4, -0.2) is 38.5 Å². The summed E-state index contributed by atoms with van der Waals surface area (Å²) in [5, 5.41) is 5.60. The fraction of sp³-hybridized carbons (Fsp3) is 0.409. The van der Waals surface area contributed by atoms with Crippen LogP contribution in [0, 0.1) is 6.92 Å². The molecule has 0 atom stereocenters. The van der Waals surface area contributed by atoms with E-state index in [4.69, 9.17) is 14.2 Å². The van der Waals surface area contributed by atoms with Crippen LogP contribution in [0.2, 0.25) is 0 Å². The summed E-state index contributed by atoms with van der Waals surface area (Å²) < 4.78 is 16.6. The lowest BCUT2D eigenvalue weighted by atomic mass is 10.2. The zero-order valence-corrected chi connectivity index (χ0v) is 16.9. The fourth-order valence-corrected chi connectivity index (χ4v) is 2.49. The van der Waals surface area contributed by atoms with Gasteiger partial charge in [0.2, 0.25) is 0 Å². The van der Waals surface area contributed by atoms with E-state index in [1.165, 1.54) is 0 Å². The highest BCUT2D eigenvalue weighted by Crippen LogP contribution is 2.12. The highest BCUT2D eigenvalue weighted by molar-refractivity contribution is 5.89. The molecule has 2 rings (SSSR count). The van der Waals surface area contributed by atoms with Gasteiger partial charge in [-0.05, 0) is 56.2 Å². The van der Waals surface area contributed by atoms with Crippen molar-refractivity contribution in [1.82, 2.24) is 5.32 Å². The molecule has 0 saturated heterocycles. The first-order valence-electron chi connectivity index (χ1n) is 9.55. The van der Waals surface area contributed by atoms with E-state index in [2.05, 4.69) is 10.6 Å². The number of urea groups is 1. The summed E-state index contributed by atoms with van der Waals surface area (Å²) in [7, 11) is 0. The summed E-state index contributed by atoms with van der Waals surface area (Å²) in [5.41, 5.74) is 2.85. The predicted molar refractivity (Wildman–Crippen MR) is 111 cm³/mol. The molecule has 2 amide bonds. The number of aryl methyl sites for hydroxylation is 1. The molecule has 28 heavy (non-hydrogen) atoms. The molecule has 6 heteroatoms. The van der Waals surface area contributed by atoms with Gasteiger partial charge in [-0.1, -0.05) is 24.3 Å². The summed E-state index contributed by atoms with van der Waals surface area (Å²) in [6, 6.07) is 15.1. The number of hydrogen-bond acceptors (Lipinski definition) is 4. The van der Waals surface area contributed by atoms with Gasteiger partial charge in [0.1, 0.15) is 12.4 Å². The molecule has 0 aromatic heterocycles. The number of nitrogens with one attached hydrogen (secondary N) is 2. The Balaban J connectivity index is 1.65. The van der Waals surface area contributed by atoms with Crippen LogP contribution in [-0.2, 0) is 16.1 Å². The minimum absolute atomic E-state index is 0.205. The van der Waals surface area contributed by atoms with Crippen molar-refractivity contribution in [2.24, 2.45) is 0 Å². The van der Waals surface area contributed by atoms with Crippen LogP contribution < -0.4 is 15.4 Å². The number of rotatable bonds is 11. The van der Waals surface area contributed by atoms with Crippen LogP contribution in [0.15, 0.2) is 48.5 Å². The van der Waals surface area contributed by atoms with E-state index in [1.807, 2.05) is 69.3 Å². The van der Waals surface area contributed by atoms with Crippen LogP contribution in [0.1, 0.15) is 25.0 Å². The molecule has 0 aliphatic heterocycles. The normalized spacial score (nSPS) is 10.7. The molecule has 0 radical (unpaired) electrons. The van der Waals surface area contributed by atoms with Crippen molar-refractivity contribution in [1.29, 1.82) is 0 Å². The van der Waals surface area contributed by atoms with Crippen LogP contribution in [0.4, 0.5) is 10.5 Å². The fourth-order valence-electron chi connectivity index (χ4n) is 2.49. The van der Waals surface area contributed by atoms with Crippen molar-refractivity contribution in [2.45, 2.75) is 33.5 Å². The van der Waals surface area contributed by atoms with E-state index in [-0.39, 0.29) is 12.1 Å². The SMILES string of the molecule is Cc1cccc(OCCNC(=O)Nc2cccc(COCCOC(C)C)c2)c1. The number of hydrogen-bond donors (Lipinski definition) is 2. The number of carbonyl (C=O) groups is 1. The molecular weight excluding hydrogens is 356 g/mol. The van der Waals surface area contributed by atoms with E-state index in [1.54, 1.807) is 0 Å². The van der Waals surface area contributed by atoms with Gasteiger partial charge in [-0.2, -0.15) is 0 Å². The Morgan fingerprint density at radius 3 is 2.64 bits per heavy atom. The molecule has 152 valence electrons. The van der Waals surface area contributed by atoms with Gasteiger partial charge < -0.3 is 24.8 Å². The van der Waals surface area contributed by atoms with Crippen molar-refractivity contribution in [2.75, 3.05) is 31.7 Å². The van der Waals surface area contributed by atoms with Crippen molar-refractivity contribution >= 4 is 11.7 Å². The molecule has 0 heterocycles. The van der Waals surface area contributed by atoms with Crippen molar-refractivity contribution in [3.05, 3.63) is 59.7 Å². The Hall–Kier alpha value is -2.57. The van der Waals surface area contributed by atoms with Crippen LogP contribution in [0.3, 0.4) is 0 Å². The number of benzene rings is 2. The lowest BCUT2D eigenvalue weighted by molar-refractivity contribution is 0.0143. The van der Waals surface area contributed by atoms with E-state index in [0.717, 1.165) is 22.6 Å². The highest BCUT2D eigenvalue weighted by atomic mass is 16.5. The summed E-state index contributed by atoms with van der Waals surface area (Å²) >= 11 is 0. The first-order chi connectivity index (χ1) is 13.5. The maximum Gasteiger partial charge on any atom is 0.319 e. The lowest BCUT2D eigenvalue weighted by Crippen LogP contribution is -2.32. The molecule has 2 N–H and O–H groups in total. The van der Waals surface area contributed by atoms with E-state index < -0.39 is 0 Å². The van der Waals surface area contributed by atoms with Gasteiger partial charge in [0.15, 0.2) is 0 Å². The van der Waals surface area contributed by atoms with Gasteiger partial charge in [-0.25, -0.2) is 4.79 Å². The smallest absolute Gasteiger partial charge is 0.319 e. The monoisotopic (exact) mass is 386 g/mol. The molecule has 0 spiro atoms. The zero-order valence-electron chi connectivity index (χ0n) is 16.9. The summed E-state index contributed by atoms with van der Waals surface area (Å²) in [4.78, 5) is 12.0. The molecule has 0 saturated carbocycles. The van der Waals surface area contributed by atoms with Gasteiger partial charge in [0.05, 0.1) is 32.5 Å². The highest BCUT2D eigenvalue weighted by Gasteiger charge is 2.03. The third-order valence-corrected chi connectivity index (χ3v) is 3.78. The first-order valence-corrected chi connectivity index (χ1v) is 9.55. The minimum atomic E-state index is -0.267. The number of anilines is 1. The molecule has 6 nitrogen and oxygen atoms in total. The van der Waals surface area contributed by atoms with E-state index >= 15 is 0 Å². The predicted octanol–water partition coefficient (Wildman–Crippen LogP) is 4.14. The van der Waals surface area contributed by atoms with Gasteiger partial charge in [-0.15, -0.1) is 0 Å². The Morgan fingerprint density at radius 2 is 1.86 bits per heavy atom. The maximum absolute atomic E-state index is 12.0. The Morgan fingerprint density at radius 1 is 1.04 bits per heavy atom. The number of amides is 2. The van der Waals surface area contributed by atoms with Crippen LogP contribution >= 0.6 is 0 Å². The maximum atomic E-state index is 12.0. The quantitative estimate of drug-likeness (QED) is 0.570. The van der Waals surface area contributed by atoms with Crippen molar-refractivity contribution < 1.29 is 19.0 Å². The van der Waals surface area contributed by atoms with Gasteiger partial charge in [0, 0.05) is 5.69 Å². The topological polar surface area (TPSA) is 68.8 Å². The molecule has 0 aliphatic rings. The molecule has 0 aliphatic carbocycles. The van der Waals surface area contributed by atoms with Crippen LogP contribution in [0.25, 0.3) is 0 Å². The standard InChI is InChI=1S/C22H30N2O4/c1-17(2)27-13-12-26-16-19-7-5-8-20(15-19)24-22(25)23-10-11-28-21-9-4-6-18(3)14-21/h4-9,14-15,17H,10-13,16H2,1-3H3,(H2,23,24,25). The Bertz CT molecular complexity index is 734. The van der Waals surface area contributed by atoms with Crippen molar-refractivity contribution in [3.8, 4) is 5.75 Å². The molecular formula is C22H30N2O4. The number of carbonyl (C=O) groups excluding carboxylic acids is 1. The molecule has 2 aromatic carbocycles. The number of ether oxygens (including phenoxy) is 3. The molecule has 0 unspecified atom stereocenters. The second-order valence-electron chi connectivity index (χ2n) is 6.72. The second-order valence-corrected chi connectivity index (χ2v) is 6.72. The summed E-state index contributed by atoms with van der Waals surface area (Å²) in [5.74, 6) is 0.800. The molecule has 0 fully saturated rings. The van der Waals surface area contributed by atoms with Gasteiger partial charge in [-0.3, -0.25) is 0 Å². The summed E-state index contributed by atoms with van der Waals surface area (Å²) in [6.45, 7) is 8.41. The third-order valence-electron chi connectivity index (χ3n) is 3.78. The Labute approximate surface area is 167 Å². The van der Waals surface area contributed by atoms with E-state index in [9.17, 15) is 4.79 Å². The van der Waals surface area contributed by atoms with E-state index in [0.29, 0.717) is 33.0 Å². The summed E-state index contributed by atoms with van der Waals surface area (Å²) in [6.07, 6.45) is 0.205. The largest absolute Gasteiger partial charge is 0.492 e. The van der Waals surface area contributed by atoms with Crippen molar-refractivity contribution in [3.63, 3.8) is 0 Å². The van der Waals surface area contributed by atoms with Crippen LogP contribution in [0.5, 0.6) is 5.75 Å².